The molecule has 3 N–H and O–H groups in total. The molecule has 1 aromatic carbocycles. The molecule has 0 saturated carbocycles. The third kappa shape index (κ3) is 3.82. The van der Waals surface area contributed by atoms with Gasteiger partial charge in [0.1, 0.15) is 23.2 Å². The molecule has 0 aliphatic heterocycles. The van der Waals surface area contributed by atoms with E-state index in [0.717, 1.165) is 34.2 Å². The predicted octanol–water partition coefficient (Wildman–Crippen LogP) is 3.58. The zero-order valence-electron chi connectivity index (χ0n) is 12.7. The van der Waals surface area contributed by atoms with Crippen LogP contribution in [0.4, 0.5) is 0 Å². The van der Waals surface area contributed by atoms with Crippen LogP contribution in [0.1, 0.15) is 40.1 Å². The van der Waals surface area contributed by atoms with Crippen LogP contribution in [0.3, 0.4) is 0 Å². The molecule has 112 valence electrons. The van der Waals surface area contributed by atoms with E-state index in [-0.39, 0.29) is 5.84 Å². The van der Waals surface area contributed by atoms with E-state index in [4.69, 9.17) is 15.9 Å². The molecule has 0 radical (unpaired) electrons. The molecule has 2 aromatic rings. The van der Waals surface area contributed by atoms with Crippen LogP contribution in [0.15, 0.2) is 18.2 Å². The molecule has 0 unspecified atom stereocenters. The first-order valence-electron chi connectivity index (χ1n) is 7.04. The van der Waals surface area contributed by atoms with Crippen molar-refractivity contribution in [3.63, 3.8) is 0 Å². The maximum atomic E-state index is 7.62. The number of nitrogen functional groups attached to an aromatic ring is 1. The summed E-state index contributed by atoms with van der Waals surface area (Å²) < 4.78 is 5.79. The number of thiazole rings is 1. The highest BCUT2D eigenvalue weighted by molar-refractivity contribution is 7.13. The van der Waals surface area contributed by atoms with Crippen molar-refractivity contribution in [2.24, 2.45) is 5.73 Å². The number of aromatic nitrogens is 1. The number of nitrogens with zero attached hydrogens (tertiary/aromatic N) is 1. The molecule has 0 saturated heterocycles. The zero-order valence-corrected chi connectivity index (χ0v) is 13.5. The maximum absolute atomic E-state index is 7.62. The highest BCUT2D eigenvalue weighted by atomic mass is 32.1. The highest BCUT2D eigenvalue weighted by Crippen LogP contribution is 2.22. The van der Waals surface area contributed by atoms with Gasteiger partial charge in [-0.25, -0.2) is 4.98 Å². The topological polar surface area (TPSA) is 72.0 Å². The Morgan fingerprint density at radius 1 is 1.33 bits per heavy atom. The van der Waals surface area contributed by atoms with E-state index in [1.54, 1.807) is 0 Å². The smallest absolute Gasteiger partial charge is 0.140 e. The molecule has 21 heavy (non-hydrogen) atoms. The van der Waals surface area contributed by atoms with Crippen molar-refractivity contribution in [3.8, 4) is 5.75 Å². The summed E-state index contributed by atoms with van der Waals surface area (Å²) in [5.41, 5.74) is 8.99. The molecule has 1 aromatic heterocycles. The van der Waals surface area contributed by atoms with Crippen LogP contribution in [0.2, 0.25) is 0 Å². The van der Waals surface area contributed by atoms with Crippen molar-refractivity contribution >= 4 is 17.2 Å². The van der Waals surface area contributed by atoms with Gasteiger partial charge in [-0.2, -0.15) is 0 Å². The van der Waals surface area contributed by atoms with Crippen molar-refractivity contribution in [1.29, 1.82) is 5.41 Å². The molecular formula is C16H21N3OS. The summed E-state index contributed by atoms with van der Waals surface area (Å²) in [5, 5.41) is 8.49. The Kier molecular flexibility index (Phi) is 4.96. The van der Waals surface area contributed by atoms with Gasteiger partial charge in [0.05, 0.1) is 10.6 Å². The minimum absolute atomic E-state index is 0.0911. The van der Waals surface area contributed by atoms with Crippen LogP contribution in [-0.2, 0) is 13.0 Å². The number of benzene rings is 1. The second kappa shape index (κ2) is 6.72. The lowest BCUT2D eigenvalue weighted by atomic mass is 10.1. The summed E-state index contributed by atoms with van der Waals surface area (Å²) in [6, 6.07) is 6.05. The molecule has 0 bridgehead atoms. The average Bonchev–Trinajstić information content (AvgIpc) is 2.84. The molecule has 0 aliphatic carbocycles. The first-order valence-corrected chi connectivity index (χ1v) is 7.86. The first kappa shape index (κ1) is 15.5. The fourth-order valence-electron chi connectivity index (χ4n) is 2.03. The summed E-state index contributed by atoms with van der Waals surface area (Å²) in [6.45, 7) is 6.65. The summed E-state index contributed by atoms with van der Waals surface area (Å²) in [6.07, 6.45) is 1.83. The molecule has 0 spiro atoms. The average molecular weight is 303 g/mol. The van der Waals surface area contributed by atoms with Crippen molar-refractivity contribution in [3.05, 3.63) is 44.9 Å². The Hall–Kier alpha value is -1.88. The number of aryl methyl sites for hydroxylation is 3. The van der Waals surface area contributed by atoms with Gasteiger partial charge in [-0.05, 0) is 43.5 Å². The summed E-state index contributed by atoms with van der Waals surface area (Å²) >= 11 is 1.45. The monoisotopic (exact) mass is 303 g/mol. The third-order valence-electron chi connectivity index (χ3n) is 3.31. The number of ether oxygens (including phenoxy) is 1. The van der Waals surface area contributed by atoms with Crippen LogP contribution >= 0.6 is 11.3 Å². The van der Waals surface area contributed by atoms with Gasteiger partial charge in [0.15, 0.2) is 0 Å². The lowest BCUT2D eigenvalue weighted by Crippen LogP contribution is -2.11. The van der Waals surface area contributed by atoms with Gasteiger partial charge < -0.3 is 10.5 Å². The molecule has 0 atom stereocenters. The van der Waals surface area contributed by atoms with Gasteiger partial charge in [-0.15, -0.1) is 11.3 Å². The van der Waals surface area contributed by atoms with Crippen molar-refractivity contribution in [2.75, 3.05) is 0 Å². The van der Waals surface area contributed by atoms with E-state index in [2.05, 4.69) is 31.8 Å². The Morgan fingerprint density at radius 3 is 2.71 bits per heavy atom. The van der Waals surface area contributed by atoms with Crippen molar-refractivity contribution in [2.45, 2.75) is 40.2 Å². The second-order valence-electron chi connectivity index (χ2n) is 5.08. The van der Waals surface area contributed by atoms with Crippen LogP contribution in [0.5, 0.6) is 5.75 Å². The Bertz CT molecular complexity index is 649. The lowest BCUT2D eigenvalue weighted by Gasteiger charge is -2.06. The number of hydrogen-bond acceptors (Lipinski definition) is 4. The molecule has 2 rings (SSSR count). The van der Waals surface area contributed by atoms with E-state index < -0.39 is 0 Å². The van der Waals surface area contributed by atoms with Crippen LogP contribution in [0.25, 0.3) is 0 Å². The van der Waals surface area contributed by atoms with Crippen molar-refractivity contribution in [1.82, 2.24) is 4.98 Å². The molecule has 5 heteroatoms. The Morgan fingerprint density at radius 2 is 2.10 bits per heavy atom. The fourth-order valence-corrected chi connectivity index (χ4v) is 2.91. The van der Waals surface area contributed by atoms with Crippen LogP contribution in [-0.4, -0.2) is 10.8 Å². The summed E-state index contributed by atoms with van der Waals surface area (Å²) in [4.78, 5) is 5.32. The fraction of sp³-hybridized carbons (Fsp3) is 0.375. The molecule has 0 amide bonds. The van der Waals surface area contributed by atoms with Gasteiger partial charge in [-0.3, -0.25) is 5.41 Å². The van der Waals surface area contributed by atoms with Crippen LogP contribution < -0.4 is 10.5 Å². The molecular weight excluding hydrogens is 282 g/mol. The second-order valence-corrected chi connectivity index (χ2v) is 6.17. The number of hydrogen-bond donors (Lipinski definition) is 2. The van der Waals surface area contributed by atoms with E-state index in [0.29, 0.717) is 6.61 Å². The maximum Gasteiger partial charge on any atom is 0.140 e. The summed E-state index contributed by atoms with van der Waals surface area (Å²) in [5.74, 6) is 0.933. The van der Waals surface area contributed by atoms with Crippen LogP contribution in [0, 0.1) is 19.3 Å². The largest absolute Gasteiger partial charge is 0.486 e. The van der Waals surface area contributed by atoms with E-state index in [1.807, 2.05) is 12.1 Å². The van der Waals surface area contributed by atoms with Gasteiger partial charge in [-0.1, -0.05) is 19.4 Å². The molecule has 1 heterocycles. The third-order valence-corrected chi connectivity index (χ3v) is 4.42. The minimum Gasteiger partial charge on any atom is -0.486 e. The Labute approximate surface area is 129 Å². The molecule has 4 nitrogen and oxygen atoms in total. The minimum atomic E-state index is 0.0911. The molecule has 0 aliphatic rings. The number of rotatable bonds is 6. The van der Waals surface area contributed by atoms with Crippen molar-refractivity contribution < 1.29 is 4.74 Å². The summed E-state index contributed by atoms with van der Waals surface area (Å²) in [7, 11) is 0. The lowest BCUT2D eigenvalue weighted by molar-refractivity contribution is 0.305. The first-order chi connectivity index (χ1) is 10.0. The quantitative estimate of drug-likeness (QED) is 0.633. The van der Waals surface area contributed by atoms with Gasteiger partial charge >= 0.3 is 0 Å². The van der Waals surface area contributed by atoms with E-state index >= 15 is 0 Å². The zero-order chi connectivity index (χ0) is 15.4. The highest BCUT2D eigenvalue weighted by Gasteiger charge is 2.13. The SMILES string of the molecule is CCCc1nc(COc2ccc(C)c(C)c2)sc1C(=N)N. The standard InChI is InChI=1S/C16H21N3OS/c1-4-5-13-15(16(17)18)21-14(19-13)9-20-12-7-6-10(2)11(3)8-12/h6-8H,4-5,9H2,1-3H3,(H3,17,18). The van der Waals surface area contributed by atoms with E-state index in [1.165, 1.54) is 22.5 Å². The van der Waals surface area contributed by atoms with E-state index in [9.17, 15) is 0 Å². The normalized spacial score (nSPS) is 10.6. The predicted molar refractivity (Wildman–Crippen MR) is 87.4 cm³/mol. The molecule has 0 fully saturated rings. The van der Waals surface area contributed by atoms with Gasteiger partial charge in [0, 0.05) is 0 Å². The Balaban J connectivity index is 2.10. The number of nitrogens with one attached hydrogen (secondary N) is 1. The van der Waals surface area contributed by atoms with Gasteiger partial charge in [0.25, 0.3) is 0 Å². The van der Waals surface area contributed by atoms with Gasteiger partial charge in [0.2, 0.25) is 0 Å². The number of nitrogens with two attached hydrogens (primary N) is 1. The number of amidine groups is 1.